The number of ether oxygens (including phenoxy) is 1. The third-order valence-corrected chi connectivity index (χ3v) is 7.12. The van der Waals surface area contributed by atoms with Crippen molar-refractivity contribution in [1.29, 1.82) is 0 Å². The number of aromatic nitrogens is 1. The number of carbonyl (C=O) groups is 1. The highest BCUT2D eigenvalue weighted by Gasteiger charge is 2.54. The standard InChI is InChI=1S/C28H27N3O3/c1-17-11-12-19(20-7-3-5-9-25(20)33-2)22(13-17)27(32)31-16-18-14-21(18)24(31)15-29-28-30-23-8-4-6-10-26(23)34-28/h3-13,18,21,24H,14-16H2,1-2H3,(H,29,30). The summed E-state index contributed by atoms with van der Waals surface area (Å²) in [6, 6.07) is 22.3. The van der Waals surface area contributed by atoms with Gasteiger partial charge in [-0.15, -0.1) is 0 Å². The van der Waals surface area contributed by atoms with Crippen LogP contribution in [0.5, 0.6) is 5.75 Å². The predicted octanol–water partition coefficient (Wildman–Crippen LogP) is 5.38. The van der Waals surface area contributed by atoms with Gasteiger partial charge in [0.25, 0.3) is 11.9 Å². The summed E-state index contributed by atoms with van der Waals surface area (Å²) >= 11 is 0. The minimum absolute atomic E-state index is 0.0705. The molecule has 1 saturated carbocycles. The van der Waals surface area contributed by atoms with Crippen molar-refractivity contribution in [3.05, 3.63) is 77.9 Å². The summed E-state index contributed by atoms with van der Waals surface area (Å²) in [5, 5.41) is 3.35. The number of anilines is 1. The molecule has 6 rings (SSSR count). The molecule has 4 aromatic rings. The Bertz CT molecular complexity index is 1350. The summed E-state index contributed by atoms with van der Waals surface area (Å²) in [6.07, 6.45) is 1.18. The van der Waals surface area contributed by atoms with E-state index in [9.17, 15) is 4.79 Å². The van der Waals surface area contributed by atoms with E-state index in [1.54, 1.807) is 7.11 Å². The Morgan fingerprint density at radius 3 is 2.79 bits per heavy atom. The number of nitrogens with one attached hydrogen (secondary N) is 1. The fourth-order valence-corrected chi connectivity index (χ4v) is 5.30. The highest BCUT2D eigenvalue weighted by molar-refractivity contribution is 6.02. The minimum atomic E-state index is 0.0705. The Morgan fingerprint density at radius 2 is 1.94 bits per heavy atom. The van der Waals surface area contributed by atoms with Crippen molar-refractivity contribution in [1.82, 2.24) is 9.88 Å². The van der Waals surface area contributed by atoms with Gasteiger partial charge in [0.1, 0.15) is 11.3 Å². The molecule has 6 heteroatoms. The average Bonchev–Trinajstić information content (AvgIpc) is 3.35. The smallest absolute Gasteiger partial charge is 0.295 e. The number of carbonyl (C=O) groups excluding carboxylic acids is 1. The van der Waals surface area contributed by atoms with Gasteiger partial charge < -0.3 is 19.4 Å². The van der Waals surface area contributed by atoms with Crippen molar-refractivity contribution in [2.45, 2.75) is 19.4 Å². The van der Waals surface area contributed by atoms with Gasteiger partial charge in [-0.05, 0) is 55.0 Å². The van der Waals surface area contributed by atoms with Crippen molar-refractivity contribution in [3.8, 4) is 16.9 Å². The molecule has 2 heterocycles. The highest BCUT2D eigenvalue weighted by Crippen LogP contribution is 2.50. The molecule has 2 fully saturated rings. The van der Waals surface area contributed by atoms with Crippen molar-refractivity contribution in [2.75, 3.05) is 25.5 Å². The maximum absolute atomic E-state index is 13.9. The molecule has 1 N–H and O–H groups in total. The number of methoxy groups -OCH3 is 1. The lowest BCUT2D eigenvalue weighted by atomic mass is 9.95. The first-order valence-corrected chi connectivity index (χ1v) is 11.8. The summed E-state index contributed by atoms with van der Waals surface area (Å²) < 4.78 is 11.4. The number of hydrogen-bond donors (Lipinski definition) is 1. The van der Waals surface area contributed by atoms with Gasteiger partial charge in [-0.3, -0.25) is 4.79 Å². The van der Waals surface area contributed by atoms with Crippen molar-refractivity contribution >= 4 is 23.0 Å². The average molecular weight is 454 g/mol. The summed E-state index contributed by atoms with van der Waals surface area (Å²) in [5.74, 6) is 1.94. The molecule has 1 saturated heterocycles. The first-order chi connectivity index (χ1) is 16.6. The maximum atomic E-state index is 13.9. The zero-order valence-corrected chi connectivity index (χ0v) is 19.3. The number of benzene rings is 3. The summed E-state index contributed by atoms with van der Waals surface area (Å²) in [5.41, 5.74) is 5.20. The molecular weight excluding hydrogens is 426 g/mol. The number of para-hydroxylation sites is 3. The van der Waals surface area contributed by atoms with Crippen LogP contribution < -0.4 is 10.1 Å². The minimum Gasteiger partial charge on any atom is -0.496 e. The molecule has 34 heavy (non-hydrogen) atoms. The van der Waals surface area contributed by atoms with Gasteiger partial charge in [0.15, 0.2) is 5.58 Å². The molecule has 3 unspecified atom stereocenters. The zero-order valence-electron chi connectivity index (χ0n) is 19.3. The summed E-state index contributed by atoms with van der Waals surface area (Å²) in [7, 11) is 1.66. The van der Waals surface area contributed by atoms with Crippen LogP contribution in [0.2, 0.25) is 0 Å². The molecule has 1 amide bonds. The molecule has 172 valence electrons. The number of likely N-dealkylation sites (tertiary alicyclic amines) is 1. The second-order valence-corrected chi connectivity index (χ2v) is 9.30. The molecule has 0 bridgehead atoms. The Hall–Kier alpha value is -3.80. The Morgan fingerprint density at radius 1 is 1.12 bits per heavy atom. The van der Waals surface area contributed by atoms with Gasteiger partial charge in [0, 0.05) is 24.2 Å². The fourth-order valence-electron chi connectivity index (χ4n) is 5.30. The van der Waals surface area contributed by atoms with E-state index in [0.29, 0.717) is 24.4 Å². The molecule has 6 nitrogen and oxygen atoms in total. The monoisotopic (exact) mass is 453 g/mol. The van der Waals surface area contributed by atoms with Gasteiger partial charge in [0.05, 0.1) is 13.2 Å². The first-order valence-electron chi connectivity index (χ1n) is 11.8. The second kappa shape index (κ2) is 8.20. The SMILES string of the molecule is COc1ccccc1-c1ccc(C)cc1C(=O)N1CC2CC2C1CNc1nc2ccccc2o1. The van der Waals surface area contributed by atoms with Crippen molar-refractivity contribution in [3.63, 3.8) is 0 Å². The van der Waals surface area contributed by atoms with Crippen LogP contribution in [0, 0.1) is 18.8 Å². The number of oxazole rings is 1. The predicted molar refractivity (Wildman–Crippen MR) is 132 cm³/mol. The molecule has 3 atom stereocenters. The number of rotatable bonds is 6. The maximum Gasteiger partial charge on any atom is 0.295 e. The largest absolute Gasteiger partial charge is 0.496 e. The van der Waals surface area contributed by atoms with Gasteiger partial charge in [0.2, 0.25) is 0 Å². The van der Waals surface area contributed by atoms with Crippen LogP contribution in [0.1, 0.15) is 22.3 Å². The number of aryl methyl sites for hydroxylation is 1. The van der Waals surface area contributed by atoms with Gasteiger partial charge >= 0.3 is 0 Å². The Balaban J connectivity index is 1.28. The lowest BCUT2D eigenvalue weighted by Gasteiger charge is -2.29. The van der Waals surface area contributed by atoms with Crippen LogP contribution >= 0.6 is 0 Å². The van der Waals surface area contributed by atoms with Crippen LogP contribution in [-0.2, 0) is 0 Å². The van der Waals surface area contributed by atoms with Gasteiger partial charge in [-0.2, -0.15) is 4.98 Å². The molecule has 2 aliphatic rings. The fraction of sp³-hybridized carbons (Fsp3) is 0.286. The highest BCUT2D eigenvalue weighted by atomic mass is 16.5. The van der Waals surface area contributed by atoms with E-state index >= 15 is 0 Å². The van der Waals surface area contributed by atoms with E-state index in [1.807, 2.05) is 78.6 Å². The number of fused-ring (bicyclic) bond motifs is 2. The topological polar surface area (TPSA) is 67.6 Å². The van der Waals surface area contributed by atoms with Crippen LogP contribution in [0.15, 0.2) is 71.1 Å². The van der Waals surface area contributed by atoms with E-state index in [4.69, 9.17) is 9.15 Å². The molecule has 1 aliphatic carbocycles. The van der Waals surface area contributed by atoms with E-state index in [2.05, 4.69) is 10.3 Å². The van der Waals surface area contributed by atoms with Crippen LogP contribution in [0.4, 0.5) is 6.01 Å². The van der Waals surface area contributed by atoms with Crippen LogP contribution in [0.25, 0.3) is 22.2 Å². The van der Waals surface area contributed by atoms with Crippen LogP contribution in [-0.4, -0.2) is 42.0 Å². The van der Waals surface area contributed by atoms with E-state index in [1.165, 1.54) is 6.42 Å². The van der Waals surface area contributed by atoms with Crippen molar-refractivity contribution < 1.29 is 13.9 Å². The van der Waals surface area contributed by atoms with Crippen molar-refractivity contribution in [2.24, 2.45) is 11.8 Å². The number of amides is 1. The molecule has 3 aromatic carbocycles. The van der Waals surface area contributed by atoms with Gasteiger partial charge in [-0.25, -0.2) is 0 Å². The Labute approximate surface area is 198 Å². The quantitative estimate of drug-likeness (QED) is 0.424. The third-order valence-electron chi connectivity index (χ3n) is 7.12. The third kappa shape index (κ3) is 3.59. The molecule has 1 aromatic heterocycles. The van der Waals surface area contributed by atoms with E-state index < -0.39 is 0 Å². The number of piperidine rings is 1. The van der Waals surface area contributed by atoms with Gasteiger partial charge in [-0.1, -0.05) is 48.0 Å². The molecule has 0 spiro atoms. The lowest BCUT2D eigenvalue weighted by Crippen LogP contribution is -2.42. The normalized spacial score (nSPS) is 20.9. The first kappa shape index (κ1) is 20.8. The zero-order chi connectivity index (χ0) is 23.2. The van der Waals surface area contributed by atoms with E-state index in [-0.39, 0.29) is 11.9 Å². The van der Waals surface area contributed by atoms with Crippen LogP contribution in [0.3, 0.4) is 0 Å². The molecule has 1 aliphatic heterocycles. The Kier molecular flexibility index (Phi) is 5.01. The summed E-state index contributed by atoms with van der Waals surface area (Å²) in [4.78, 5) is 20.5. The molecule has 0 radical (unpaired) electrons. The summed E-state index contributed by atoms with van der Waals surface area (Å²) in [6.45, 7) is 3.44. The number of nitrogens with zero attached hydrogens (tertiary/aromatic N) is 2. The molecular formula is C28H27N3O3. The second-order valence-electron chi connectivity index (χ2n) is 9.30. The lowest BCUT2D eigenvalue weighted by molar-refractivity contribution is 0.0715. The van der Waals surface area contributed by atoms with E-state index in [0.717, 1.165) is 45.6 Å². The number of hydrogen-bond acceptors (Lipinski definition) is 5.